The van der Waals surface area contributed by atoms with Crippen molar-refractivity contribution in [2.24, 2.45) is 5.92 Å². The minimum Gasteiger partial charge on any atom is -0.463 e. The van der Waals surface area contributed by atoms with Crippen LogP contribution in [0.2, 0.25) is 0 Å². The topological polar surface area (TPSA) is 49.8 Å². The van der Waals surface area contributed by atoms with Crippen LogP contribution in [0.4, 0.5) is 0 Å². The van der Waals surface area contributed by atoms with Crippen LogP contribution in [-0.2, 0) is 16.1 Å². The zero-order valence-corrected chi connectivity index (χ0v) is 15.0. The van der Waals surface area contributed by atoms with Gasteiger partial charge in [-0.1, -0.05) is 20.8 Å². The molecule has 22 heavy (non-hydrogen) atoms. The molecule has 0 aliphatic rings. The van der Waals surface area contributed by atoms with E-state index in [4.69, 9.17) is 4.74 Å². The van der Waals surface area contributed by atoms with E-state index in [2.05, 4.69) is 37.8 Å². The number of thiophene rings is 1. The summed E-state index contributed by atoms with van der Waals surface area (Å²) in [6.07, 6.45) is 0.545. The van der Waals surface area contributed by atoms with Gasteiger partial charge in [-0.05, 0) is 31.4 Å². The summed E-state index contributed by atoms with van der Waals surface area (Å²) >= 11 is 1.79. The van der Waals surface area contributed by atoms with Gasteiger partial charge in [0.25, 0.3) is 0 Å². The van der Waals surface area contributed by atoms with E-state index in [1.54, 1.807) is 11.3 Å². The van der Waals surface area contributed by atoms with Crippen molar-refractivity contribution in [3.63, 3.8) is 0 Å². The summed E-state index contributed by atoms with van der Waals surface area (Å²) in [6, 6.07) is 4.26. The number of aliphatic hydroxyl groups is 1. The summed E-state index contributed by atoms with van der Waals surface area (Å²) in [4.78, 5) is 16.2. The van der Waals surface area contributed by atoms with Crippen LogP contribution in [0, 0.1) is 12.8 Å². The lowest BCUT2D eigenvalue weighted by atomic mass is 10.2. The third-order valence-corrected chi connectivity index (χ3v) is 4.14. The first kappa shape index (κ1) is 19.1. The van der Waals surface area contributed by atoms with Gasteiger partial charge in [-0.2, -0.15) is 0 Å². The van der Waals surface area contributed by atoms with Gasteiger partial charge in [0.2, 0.25) is 0 Å². The molecule has 0 amide bonds. The number of carbonyl (C=O) groups is 1. The van der Waals surface area contributed by atoms with Gasteiger partial charge in [-0.15, -0.1) is 11.3 Å². The van der Waals surface area contributed by atoms with E-state index >= 15 is 0 Å². The van der Waals surface area contributed by atoms with E-state index < -0.39 is 6.10 Å². The molecular weight excluding hydrogens is 298 g/mol. The average Bonchev–Trinajstić information content (AvgIpc) is 2.81. The molecule has 0 radical (unpaired) electrons. The molecule has 0 spiro atoms. The number of esters is 1. The Bertz CT molecular complexity index is 445. The van der Waals surface area contributed by atoms with Crippen molar-refractivity contribution < 1.29 is 14.6 Å². The van der Waals surface area contributed by atoms with Crippen LogP contribution in [0.15, 0.2) is 12.1 Å². The highest BCUT2D eigenvalue weighted by Gasteiger charge is 2.16. The average molecular weight is 327 g/mol. The lowest BCUT2D eigenvalue weighted by Gasteiger charge is -2.26. The highest BCUT2D eigenvalue weighted by molar-refractivity contribution is 7.11. The first-order chi connectivity index (χ1) is 10.4. The third-order valence-electron chi connectivity index (χ3n) is 3.16. The molecule has 0 unspecified atom stereocenters. The largest absolute Gasteiger partial charge is 0.463 e. The van der Waals surface area contributed by atoms with Crippen molar-refractivity contribution in [3.8, 4) is 0 Å². The lowest BCUT2D eigenvalue weighted by Crippen LogP contribution is -2.37. The molecule has 1 aromatic heterocycles. The molecule has 1 atom stereocenters. The maximum Gasteiger partial charge on any atom is 0.305 e. The van der Waals surface area contributed by atoms with Crippen molar-refractivity contribution in [2.75, 3.05) is 19.7 Å². The summed E-state index contributed by atoms with van der Waals surface area (Å²) in [5.74, 6) is 0.293. The maximum absolute atomic E-state index is 11.4. The Balaban J connectivity index is 2.47. The Morgan fingerprint density at radius 3 is 2.64 bits per heavy atom. The number of ether oxygens (including phenoxy) is 1. The fourth-order valence-corrected chi connectivity index (χ4v) is 3.26. The molecule has 126 valence electrons. The predicted octanol–water partition coefficient (Wildman–Crippen LogP) is 3.22. The van der Waals surface area contributed by atoms with E-state index in [-0.39, 0.29) is 12.6 Å². The van der Waals surface area contributed by atoms with Crippen LogP contribution in [0.3, 0.4) is 0 Å². The fourth-order valence-electron chi connectivity index (χ4n) is 2.33. The van der Waals surface area contributed by atoms with Crippen molar-refractivity contribution in [3.05, 3.63) is 21.9 Å². The maximum atomic E-state index is 11.4. The molecule has 0 aliphatic heterocycles. The molecule has 1 rings (SSSR count). The molecule has 4 nitrogen and oxygen atoms in total. The fraction of sp³-hybridized carbons (Fsp3) is 0.706. The number of hydrogen-bond acceptors (Lipinski definition) is 5. The Morgan fingerprint density at radius 1 is 1.36 bits per heavy atom. The lowest BCUT2D eigenvalue weighted by molar-refractivity contribution is -0.147. The summed E-state index contributed by atoms with van der Waals surface area (Å²) in [5.41, 5.74) is 0. The van der Waals surface area contributed by atoms with E-state index in [1.165, 1.54) is 9.75 Å². The van der Waals surface area contributed by atoms with Crippen LogP contribution in [0.25, 0.3) is 0 Å². The van der Waals surface area contributed by atoms with Gasteiger partial charge in [-0.25, -0.2) is 0 Å². The third kappa shape index (κ3) is 7.92. The van der Waals surface area contributed by atoms with Crippen LogP contribution in [-0.4, -0.2) is 41.8 Å². The van der Waals surface area contributed by atoms with E-state index in [1.807, 2.05) is 6.92 Å². The number of carbonyl (C=O) groups excluding carboxylic acids is 1. The number of rotatable bonds is 10. The van der Waals surface area contributed by atoms with Gasteiger partial charge >= 0.3 is 5.97 Å². The number of aryl methyl sites for hydroxylation is 1. The molecule has 0 saturated carbocycles. The molecular formula is C17H29NO3S. The van der Waals surface area contributed by atoms with Crippen molar-refractivity contribution >= 4 is 17.3 Å². The van der Waals surface area contributed by atoms with Crippen molar-refractivity contribution in [1.29, 1.82) is 0 Å². The van der Waals surface area contributed by atoms with Crippen LogP contribution in [0.1, 0.15) is 43.4 Å². The molecule has 0 saturated heterocycles. The van der Waals surface area contributed by atoms with E-state index in [0.29, 0.717) is 18.9 Å². The molecule has 1 heterocycles. The Kier molecular flexibility index (Phi) is 8.68. The summed E-state index contributed by atoms with van der Waals surface area (Å²) < 4.78 is 5.09. The summed E-state index contributed by atoms with van der Waals surface area (Å²) in [5, 5.41) is 10.1. The standard InChI is InChI=1S/C17H29NO3S/c1-5-6-17(20)21-12-15(19)10-18(9-13(2)3)11-16-8-7-14(4)22-16/h7-8,13,15,19H,5-6,9-12H2,1-4H3/t15-/m0/s1. The van der Waals surface area contributed by atoms with Gasteiger partial charge in [0, 0.05) is 35.8 Å². The highest BCUT2D eigenvalue weighted by atomic mass is 32.1. The minimum atomic E-state index is -0.638. The van der Waals surface area contributed by atoms with Gasteiger partial charge in [0.1, 0.15) is 12.7 Å². The number of aliphatic hydroxyl groups excluding tert-OH is 1. The van der Waals surface area contributed by atoms with Crippen molar-refractivity contribution in [2.45, 2.75) is 53.2 Å². The Hall–Kier alpha value is -0.910. The zero-order valence-electron chi connectivity index (χ0n) is 14.2. The molecule has 0 aliphatic carbocycles. The first-order valence-electron chi connectivity index (χ1n) is 8.02. The van der Waals surface area contributed by atoms with Crippen LogP contribution < -0.4 is 0 Å². The SMILES string of the molecule is CCCC(=O)OC[C@@H](O)CN(Cc1ccc(C)s1)CC(C)C. The molecule has 1 N–H and O–H groups in total. The Labute approximate surface area is 138 Å². The zero-order chi connectivity index (χ0) is 16.5. The van der Waals surface area contributed by atoms with Gasteiger partial charge in [0.15, 0.2) is 0 Å². The highest BCUT2D eigenvalue weighted by Crippen LogP contribution is 2.18. The second-order valence-electron chi connectivity index (χ2n) is 6.19. The predicted molar refractivity (Wildman–Crippen MR) is 91.0 cm³/mol. The van der Waals surface area contributed by atoms with E-state index in [0.717, 1.165) is 19.5 Å². The molecule has 0 bridgehead atoms. The smallest absolute Gasteiger partial charge is 0.305 e. The number of hydrogen-bond donors (Lipinski definition) is 1. The second kappa shape index (κ2) is 9.98. The van der Waals surface area contributed by atoms with Gasteiger partial charge in [0.05, 0.1) is 0 Å². The first-order valence-corrected chi connectivity index (χ1v) is 8.83. The van der Waals surface area contributed by atoms with Gasteiger partial charge < -0.3 is 9.84 Å². The molecule has 5 heteroatoms. The summed E-state index contributed by atoms with van der Waals surface area (Å²) in [7, 11) is 0. The minimum absolute atomic E-state index is 0.0803. The van der Waals surface area contributed by atoms with Crippen molar-refractivity contribution in [1.82, 2.24) is 4.90 Å². The molecule has 0 aromatic carbocycles. The monoisotopic (exact) mass is 327 g/mol. The molecule has 0 fully saturated rings. The van der Waals surface area contributed by atoms with Crippen LogP contribution >= 0.6 is 11.3 Å². The van der Waals surface area contributed by atoms with Crippen LogP contribution in [0.5, 0.6) is 0 Å². The quantitative estimate of drug-likeness (QED) is 0.670. The van der Waals surface area contributed by atoms with E-state index in [9.17, 15) is 9.90 Å². The summed E-state index contributed by atoms with van der Waals surface area (Å²) in [6.45, 7) is 10.7. The number of nitrogens with zero attached hydrogens (tertiary/aromatic N) is 1. The molecule has 1 aromatic rings. The Morgan fingerprint density at radius 2 is 2.09 bits per heavy atom. The van der Waals surface area contributed by atoms with Gasteiger partial charge in [-0.3, -0.25) is 9.69 Å². The second-order valence-corrected chi connectivity index (χ2v) is 7.56. The normalized spacial score (nSPS) is 12.9.